The van der Waals surface area contributed by atoms with E-state index in [1.54, 1.807) is 4.90 Å². The first-order valence-corrected chi connectivity index (χ1v) is 6.81. The van der Waals surface area contributed by atoms with Gasteiger partial charge in [0.15, 0.2) is 0 Å². The number of carbonyl (C=O) groups excluding carboxylic acids is 1. The fourth-order valence-corrected chi connectivity index (χ4v) is 2.28. The van der Waals surface area contributed by atoms with Crippen molar-refractivity contribution in [2.75, 3.05) is 6.54 Å². The van der Waals surface area contributed by atoms with E-state index in [0.717, 1.165) is 12.0 Å². The Labute approximate surface area is 114 Å². The molecule has 106 valence electrons. The molecular weight excluding hydrogens is 242 g/mol. The Morgan fingerprint density at radius 3 is 2.68 bits per heavy atom. The Morgan fingerprint density at radius 1 is 1.42 bits per heavy atom. The van der Waals surface area contributed by atoms with Gasteiger partial charge in [-0.3, -0.25) is 4.68 Å². The number of amides is 1. The fraction of sp³-hybridized carbons (Fsp3) is 0.714. The van der Waals surface area contributed by atoms with Crippen LogP contribution in [0.4, 0.5) is 4.79 Å². The van der Waals surface area contributed by atoms with Crippen LogP contribution < -0.4 is 0 Å². The highest BCUT2D eigenvalue weighted by molar-refractivity contribution is 5.68. The van der Waals surface area contributed by atoms with Gasteiger partial charge in [0, 0.05) is 30.3 Å². The number of hydrogen-bond acceptors (Lipinski definition) is 3. The van der Waals surface area contributed by atoms with Gasteiger partial charge in [0.2, 0.25) is 0 Å². The molecule has 0 aliphatic carbocycles. The molecular formula is C14H23N3O2. The van der Waals surface area contributed by atoms with Crippen molar-refractivity contribution in [2.45, 2.75) is 59.2 Å². The first kappa shape index (κ1) is 13.9. The van der Waals surface area contributed by atoms with Gasteiger partial charge >= 0.3 is 6.09 Å². The standard InChI is InChI=1S/C14H23N3O2/c1-10(2)17-12-6-7-16(9-11(12)8-15-17)13(18)19-14(3,4)5/h8,10H,6-7,9H2,1-5H3. The molecule has 19 heavy (non-hydrogen) atoms. The third-order valence-electron chi connectivity index (χ3n) is 3.11. The van der Waals surface area contributed by atoms with Crippen LogP contribution >= 0.6 is 0 Å². The van der Waals surface area contributed by atoms with Crippen LogP contribution in [0.3, 0.4) is 0 Å². The van der Waals surface area contributed by atoms with Gasteiger partial charge in [-0.25, -0.2) is 4.79 Å². The van der Waals surface area contributed by atoms with E-state index in [4.69, 9.17) is 4.74 Å². The van der Waals surface area contributed by atoms with Crippen molar-refractivity contribution in [3.63, 3.8) is 0 Å². The third-order valence-corrected chi connectivity index (χ3v) is 3.11. The molecule has 2 rings (SSSR count). The molecule has 1 aromatic heterocycles. The minimum absolute atomic E-state index is 0.240. The molecule has 1 aliphatic rings. The highest BCUT2D eigenvalue weighted by atomic mass is 16.6. The molecule has 0 spiro atoms. The minimum atomic E-state index is -0.445. The van der Waals surface area contributed by atoms with Crippen LogP contribution in [0.25, 0.3) is 0 Å². The number of carbonyl (C=O) groups is 1. The van der Waals surface area contributed by atoms with E-state index >= 15 is 0 Å². The van der Waals surface area contributed by atoms with Crippen LogP contribution in [0, 0.1) is 0 Å². The zero-order valence-corrected chi connectivity index (χ0v) is 12.4. The summed E-state index contributed by atoms with van der Waals surface area (Å²) in [5.74, 6) is 0. The monoisotopic (exact) mass is 265 g/mol. The smallest absolute Gasteiger partial charge is 0.410 e. The highest BCUT2D eigenvalue weighted by Gasteiger charge is 2.27. The second kappa shape index (κ2) is 4.87. The molecule has 0 atom stereocenters. The zero-order chi connectivity index (χ0) is 14.2. The zero-order valence-electron chi connectivity index (χ0n) is 12.4. The summed E-state index contributed by atoms with van der Waals surface area (Å²) < 4.78 is 7.45. The lowest BCUT2D eigenvalue weighted by atomic mass is 10.1. The molecule has 0 N–H and O–H groups in total. The predicted octanol–water partition coefficient (Wildman–Crippen LogP) is 2.76. The lowest BCUT2D eigenvalue weighted by molar-refractivity contribution is 0.0222. The normalized spacial score (nSPS) is 15.6. The van der Waals surface area contributed by atoms with Gasteiger partial charge < -0.3 is 9.64 Å². The van der Waals surface area contributed by atoms with Crippen LogP contribution in [-0.2, 0) is 17.7 Å². The van der Waals surface area contributed by atoms with Crippen LogP contribution in [0.15, 0.2) is 6.20 Å². The Balaban J connectivity index is 2.09. The predicted molar refractivity (Wildman–Crippen MR) is 73.0 cm³/mol. The van der Waals surface area contributed by atoms with E-state index < -0.39 is 5.60 Å². The molecule has 0 saturated carbocycles. The second-order valence-corrected chi connectivity index (χ2v) is 6.31. The number of fused-ring (bicyclic) bond motifs is 1. The molecule has 0 radical (unpaired) electrons. The maximum Gasteiger partial charge on any atom is 0.410 e. The van der Waals surface area contributed by atoms with Crippen molar-refractivity contribution in [1.82, 2.24) is 14.7 Å². The van der Waals surface area contributed by atoms with E-state index in [0.29, 0.717) is 19.1 Å². The Hall–Kier alpha value is -1.52. The Bertz CT molecular complexity index is 472. The Kier molecular flexibility index (Phi) is 3.56. The van der Waals surface area contributed by atoms with E-state index in [9.17, 15) is 4.79 Å². The summed E-state index contributed by atoms with van der Waals surface area (Å²) in [6.07, 6.45) is 2.47. The second-order valence-electron chi connectivity index (χ2n) is 6.31. The summed E-state index contributed by atoms with van der Waals surface area (Å²) in [4.78, 5) is 13.8. The molecule has 0 aromatic carbocycles. The summed E-state index contributed by atoms with van der Waals surface area (Å²) in [6, 6.07) is 0.358. The molecule has 1 amide bonds. The lowest BCUT2D eigenvalue weighted by Gasteiger charge is -2.30. The molecule has 1 aliphatic heterocycles. The largest absolute Gasteiger partial charge is 0.444 e. The quantitative estimate of drug-likeness (QED) is 0.784. The summed E-state index contributed by atoms with van der Waals surface area (Å²) in [5, 5.41) is 4.40. The van der Waals surface area contributed by atoms with Crippen LogP contribution in [0.5, 0.6) is 0 Å². The maximum absolute atomic E-state index is 12.0. The van der Waals surface area contributed by atoms with E-state index in [-0.39, 0.29) is 6.09 Å². The molecule has 0 bridgehead atoms. The Morgan fingerprint density at radius 2 is 2.11 bits per heavy atom. The molecule has 0 fully saturated rings. The molecule has 1 aromatic rings. The highest BCUT2D eigenvalue weighted by Crippen LogP contribution is 2.22. The summed E-state index contributed by atoms with van der Waals surface area (Å²) in [5.41, 5.74) is 1.93. The van der Waals surface area contributed by atoms with Crippen molar-refractivity contribution >= 4 is 6.09 Å². The summed E-state index contributed by atoms with van der Waals surface area (Å²) in [7, 11) is 0. The number of ether oxygens (including phenoxy) is 1. The SMILES string of the molecule is CC(C)n1ncc2c1CCN(C(=O)OC(C)(C)C)C2. The lowest BCUT2D eigenvalue weighted by Crippen LogP contribution is -2.40. The van der Waals surface area contributed by atoms with E-state index in [2.05, 4.69) is 18.9 Å². The van der Waals surface area contributed by atoms with Crippen molar-refractivity contribution in [3.8, 4) is 0 Å². The average molecular weight is 265 g/mol. The summed E-state index contributed by atoms with van der Waals surface area (Å²) >= 11 is 0. The topological polar surface area (TPSA) is 47.4 Å². The fourth-order valence-electron chi connectivity index (χ4n) is 2.28. The number of aromatic nitrogens is 2. The average Bonchev–Trinajstić information content (AvgIpc) is 2.68. The maximum atomic E-state index is 12.0. The van der Waals surface area contributed by atoms with Crippen LogP contribution in [-0.4, -0.2) is 32.9 Å². The molecule has 0 unspecified atom stereocenters. The van der Waals surface area contributed by atoms with Gasteiger partial charge in [0.05, 0.1) is 12.7 Å². The summed E-state index contributed by atoms with van der Waals surface area (Å²) in [6.45, 7) is 11.2. The van der Waals surface area contributed by atoms with Crippen molar-refractivity contribution in [2.24, 2.45) is 0 Å². The van der Waals surface area contributed by atoms with Gasteiger partial charge in [0.25, 0.3) is 0 Å². The van der Waals surface area contributed by atoms with Gasteiger partial charge in [-0.1, -0.05) is 0 Å². The third kappa shape index (κ3) is 3.08. The first-order chi connectivity index (χ1) is 8.78. The van der Waals surface area contributed by atoms with Crippen LogP contribution in [0.2, 0.25) is 0 Å². The number of hydrogen-bond donors (Lipinski definition) is 0. The first-order valence-electron chi connectivity index (χ1n) is 6.81. The minimum Gasteiger partial charge on any atom is -0.444 e. The molecule has 5 heteroatoms. The molecule has 2 heterocycles. The van der Waals surface area contributed by atoms with E-state index in [1.165, 1.54) is 5.69 Å². The van der Waals surface area contributed by atoms with Crippen molar-refractivity contribution < 1.29 is 9.53 Å². The van der Waals surface area contributed by atoms with Gasteiger partial charge in [-0.05, 0) is 34.6 Å². The number of rotatable bonds is 1. The van der Waals surface area contributed by atoms with E-state index in [1.807, 2.05) is 31.6 Å². The number of nitrogens with zero attached hydrogens (tertiary/aromatic N) is 3. The van der Waals surface area contributed by atoms with Gasteiger partial charge in [-0.2, -0.15) is 5.10 Å². The van der Waals surface area contributed by atoms with Gasteiger partial charge in [-0.15, -0.1) is 0 Å². The molecule has 0 saturated heterocycles. The van der Waals surface area contributed by atoms with Crippen molar-refractivity contribution in [3.05, 3.63) is 17.5 Å². The van der Waals surface area contributed by atoms with Crippen molar-refractivity contribution in [1.29, 1.82) is 0 Å². The van der Waals surface area contributed by atoms with Gasteiger partial charge in [0.1, 0.15) is 5.60 Å². The van der Waals surface area contributed by atoms with Crippen LogP contribution in [0.1, 0.15) is 51.9 Å². The molecule has 5 nitrogen and oxygen atoms in total.